The number of anilines is 1. The van der Waals surface area contributed by atoms with E-state index in [-0.39, 0.29) is 13.0 Å². The number of fused-ring (bicyclic) bond motifs is 1. The summed E-state index contributed by atoms with van der Waals surface area (Å²) in [5.74, 6) is -0.416. The van der Waals surface area contributed by atoms with E-state index in [9.17, 15) is 14.7 Å². The number of nitrogens with zero attached hydrogens (tertiary/aromatic N) is 3. The fourth-order valence-electron chi connectivity index (χ4n) is 4.57. The topological polar surface area (TPSA) is 104 Å². The Bertz CT molecular complexity index is 1170. The van der Waals surface area contributed by atoms with E-state index < -0.39 is 18.0 Å². The monoisotopic (exact) mass is 467 g/mol. The Labute approximate surface area is 197 Å². The molecule has 1 aliphatic rings. The van der Waals surface area contributed by atoms with E-state index in [1.54, 1.807) is 26.5 Å². The van der Waals surface area contributed by atoms with Gasteiger partial charge in [0, 0.05) is 61.1 Å². The van der Waals surface area contributed by atoms with Crippen molar-refractivity contribution in [2.24, 2.45) is 0 Å². The van der Waals surface area contributed by atoms with Crippen LogP contribution in [0.25, 0.3) is 10.9 Å². The molecule has 9 heteroatoms. The predicted molar refractivity (Wildman–Crippen MR) is 128 cm³/mol. The molecule has 1 aromatic heterocycles. The van der Waals surface area contributed by atoms with Crippen LogP contribution in [0.5, 0.6) is 11.5 Å². The van der Waals surface area contributed by atoms with Crippen molar-refractivity contribution in [2.75, 3.05) is 45.3 Å². The van der Waals surface area contributed by atoms with Gasteiger partial charge in [-0.2, -0.15) is 0 Å². The molecular formula is C25H29N3O6. The number of aromatic nitrogens is 1. The molecule has 1 fully saturated rings. The minimum absolute atomic E-state index is 0.0481. The Morgan fingerprint density at radius 2 is 1.59 bits per heavy atom. The second-order valence-electron chi connectivity index (χ2n) is 8.27. The molecule has 34 heavy (non-hydrogen) atoms. The number of ether oxygens (including phenoxy) is 2. The Balaban J connectivity index is 1.61. The first-order valence-corrected chi connectivity index (χ1v) is 11.2. The highest BCUT2D eigenvalue weighted by Gasteiger charge is 2.33. The van der Waals surface area contributed by atoms with E-state index in [0.29, 0.717) is 37.5 Å². The van der Waals surface area contributed by atoms with Crippen LogP contribution in [0.1, 0.15) is 18.0 Å². The van der Waals surface area contributed by atoms with Crippen LogP contribution in [0.2, 0.25) is 0 Å². The van der Waals surface area contributed by atoms with Gasteiger partial charge in [-0.25, -0.2) is 0 Å². The van der Waals surface area contributed by atoms with Crippen molar-refractivity contribution in [3.63, 3.8) is 0 Å². The maximum absolute atomic E-state index is 12.5. The van der Waals surface area contributed by atoms with Crippen LogP contribution in [-0.2, 0) is 16.1 Å². The van der Waals surface area contributed by atoms with Gasteiger partial charge in [0.2, 0.25) is 0 Å². The van der Waals surface area contributed by atoms with Gasteiger partial charge in [-0.05, 0) is 42.5 Å². The van der Waals surface area contributed by atoms with Gasteiger partial charge >= 0.3 is 11.9 Å². The summed E-state index contributed by atoms with van der Waals surface area (Å²) in [7, 11) is 3.20. The maximum atomic E-state index is 12.5. The van der Waals surface area contributed by atoms with Gasteiger partial charge in [0.1, 0.15) is 17.5 Å². The largest absolute Gasteiger partial charge is 0.497 e. The number of hydrogen-bond acceptors (Lipinski definition) is 6. The van der Waals surface area contributed by atoms with Crippen LogP contribution >= 0.6 is 0 Å². The van der Waals surface area contributed by atoms with Crippen molar-refractivity contribution in [1.29, 1.82) is 0 Å². The van der Waals surface area contributed by atoms with Crippen molar-refractivity contribution in [1.82, 2.24) is 9.47 Å². The number of aliphatic carboxylic acids is 2. The zero-order valence-corrected chi connectivity index (χ0v) is 19.3. The second-order valence-corrected chi connectivity index (χ2v) is 8.27. The van der Waals surface area contributed by atoms with Gasteiger partial charge in [0.15, 0.2) is 0 Å². The van der Waals surface area contributed by atoms with Crippen LogP contribution < -0.4 is 14.4 Å². The predicted octanol–water partition coefficient (Wildman–Crippen LogP) is 3.08. The number of carboxylic acids is 2. The third kappa shape index (κ3) is 4.79. The molecule has 4 rings (SSSR count). The molecule has 0 saturated carbocycles. The summed E-state index contributed by atoms with van der Waals surface area (Å²) in [4.78, 5) is 27.8. The molecule has 1 saturated heterocycles. The van der Waals surface area contributed by atoms with Crippen LogP contribution in [0, 0.1) is 0 Å². The summed E-state index contributed by atoms with van der Waals surface area (Å²) < 4.78 is 12.4. The lowest BCUT2D eigenvalue weighted by atomic mass is 10.0. The number of hydrogen-bond donors (Lipinski definition) is 2. The summed E-state index contributed by atoms with van der Waals surface area (Å²) in [6.07, 6.45) is 1.73. The van der Waals surface area contributed by atoms with Gasteiger partial charge in [0.25, 0.3) is 0 Å². The molecule has 0 aliphatic carbocycles. The molecule has 0 spiro atoms. The molecule has 2 aromatic carbocycles. The third-order valence-corrected chi connectivity index (χ3v) is 6.33. The number of aryl methyl sites for hydroxylation is 1. The van der Waals surface area contributed by atoms with Crippen LogP contribution in [0.15, 0.2) is 48.7 Å². The lowest BCUT2D eigenvalue weighted by Gasteiger charge is -2.38. The molecule has 1 atom stereocenters. The van der Waals surface area contributed by atoms with E-state index in [4.69, 9.17) is 14.6 Å². The molecule has 2 N–H and O–H groups in total. The molecule has 2 heterocycles. The minimum atomic E-state index is -0.932. The number of carboxylic acid groups (broad SMARTS) is 2. The highest BCUT2D eigenvalue weighted by atomic mass is 16.5. The average Bonchev–Trinajstić information content (AvgIpc) is 3.20. The molecular weight excluding hydrogens is 438 g/mol. The third-order valence-electron chi connectivity index (χ3n) is 6.33. The van der Waals surface area contributed by atoms with E-state index >= 15 is 0 Å². The SMILES string of the molecule is COc1ccc(N2CCN([C@H](C(=O)O)c3cn(CCC(=O)O)c4ccc(OC)cc34)CC2)cc1. The Kier molecular flexibility index (Phi) is 6.93. The zero-order valence-electron chi connectivity index (χ0n) is 19.3. The van der Waals surface area contributed by atoms with Crippen LogP contribution in [-0.4, -0.2) is 72.0 Å². The number of methoxy groups -OCH3 is 2. The summed E-state index contributed by atoms with van der Waals surface area (Å²) in [6, 6.07) is 12.5. The first kappa shape index (κ1) is 23.4. The van der Waals surface area contributed by atoms with E-state index in [1.807, 2.05) is 45.9 Å². The molecule has 1 aliphatic heterocycles. The van der Waals surface area contributed by atoms with Gasteiger partial charge in [-0.15, -0.1) is 0 Å². The fraction of sp³-hybridized carbons (Fsp3) is 0.360. The van der Waals surface area contributed by atoms with E-state index in [2.05, 4.69) is 4.90 Å². The van der Waals surface area contributed by atoms with Gasteiger partial charge in [-0.1, -0.05) is 0 Å². The molecule has 0 radical (unpaired) electrons. The first-order valence-electron chi connectivity index (χ1n) is 11.2. The Morgan fingerprint density at radius 3 is 2.18 bits per heavy atom. The number of carbonyl (C=O) groups is 2. The second kappa shape index (κ2) is 10.0. The summed E-state index contributed by atoms with van der Waals surface area (Å²) >= 11 is 0. The molecule has 3 aromatic rings. The van der Waals surface area contributed by atoms with Crippen molar-refractivity contribution in [3.05, 3.63) is 54.2 Å². The van der Waals surface area contributed by atoms with Crippen molar-refractivity contribution >= 4 is 28.5 Å². The Hall–Kier alpha value is -3.72. The van der Waals surface area contributed by atoms with E-state index in [1.165, 1.54) is 0 Å². The molecule has 0 unspecified atom stereocenters. The zero-order chi connectivity index (χ0) is 24.2. The standard InChI is InChI=1S/C25H29N3O6/c1-33-18-5-3-17(4-6-18)26-11-13-27(14-12-26)24(25(31)32)21-16-28(10-9-23(29)30)22-8-7-19(34-2)15-20(21)22/h3-8,15-16,24H,9-14H2,1-2H3,(H,29,30)(H,31,32)/t24-/m0/s1. The fourth-order valence-corrected chi connectivity index (χ4v) is 4.57. The molecule has 180 valence electrons. The number of benzene rings is 2. The summed E-state index contributed by atoms with van der Waals surface area (Å²) in [5, 5.41) is 20.1. The maximum Gasteiger partial charge on any atom is 0.325 e. The lowest BCUT2D eigenvalue weighted by molar-refractivity contribution is -0.143. The van der Waals surface area contributed by atoms with Crippen molar-refractivity contribution in [2.45, 2.75) is 19.0 Å². The first-order chi connectivity index (χ1) is 16.4. The van der Waals surface area contributed by atoms with Gasteiger partial charge in [0.05, 0.1) is 20.6 Å². The highest BCUT2D eigenvalue weighted by Crippen LogP contribution is 2.34. The van der Waals surface area contributed by atoms with Crippen LogP contribution in [0.3, 0.4) is 0 Å². The van der Waals surface area contributed by atoms with Crippen molar-refractivity contribution < 1.29 is 29.3 Å². The van der Waals surface area contributed by atoms with Crippen molar-refractivity contribution in [3.8, 4) is 11.5 Å². The molecule has 0 bridgehead atoms. The van der Waals surface area contributed by atoms with Gasteiger partial charge in [-0.3, -0.25) is 14.5 Å². The number of rotatable bonds is 9. The lowest BCUT2D eigenvalue weighted by Crippen LogP contribution is -2.49. The van der Waals surface area contributed by atoms with Gasteiger partial charge < -0.3 is 29.2 Å². The minimum Gasteiger partial charge on any atom is -0.497 e. The number of piperazine rings is 1. The summed E-state index contributed by atoms with van der Waals surface area (Å²) in [6.45, 7) is 2.80. The summed E-state index contributed by atoms with van der Waals surface area (Å²) in [5.41, 5.74) is 2.51. The molecule has 0 amide bonds. The quantitative estimate of drug-likeness (QED) is 0.495. The van der Waals surface area contributed by atoms with E-state index in [0.717, 1.165) is 22.3 Å². The smallest absolute Gasteiger partial charge is 0.325 e. The Morgan fingerprint density at radius 1 is 0.941 bits per heavy atom. The highest BCUT2D eigenvalue weighted by molar-refractivity contribution is 5.90. The normalized spacial score (nSPS) is 15.3. The average molecular weight is 468 g/mol. The molecule has 9 nitrogen and oxygen atoms in total. The van der Waals surface area contributed by atoms with Crippen LogP contribution in [0.4, 0.5) is 5.69 Å².